The molecule has 1 aliphatic carbocycles. The van der Waals surface area contributed by atoms with Crippen LogP contribution in [-0.4, -0.2) is 5.71 Å². The van der Waals surface area contributed by atoms with E-state index in [0.29, 0.717) is 0 Å². The largest absolute Gasteiger partial charge is 0.252 e. The summed E-state index contributed by atoms with van der Waals surface area (Å²) in [6.07, 6.45) is 7.40. The predicted octanol–water partition coefficient (Wildman–Crippen LogP) is 4.59. The molecule has 1 aromatic carbocycles. The van der Waals surface area contributed by atoms with Crippen LogP contribution in [0.4, 0.5) is 5.69 Å². The van der Waals surface area contributed by atoms with Crippen LogP contribution < -0.4 is 0 Å². The van der Waals surface area contributed by atoms with Gasteiger partial charge in [-0.3, -0.25) is 4.99 Å². The highest BCUT2D eigenvalue weighted by atomic mass is 79.9. The van der Waals surface area contributed by atoms with Gasteiger partial charge in [0.25, 0.3) is 0 Å². The summed E-state index contributed by atoms with van der Waals surface area (Å²) in [7, 11) is 0. The number of hydrogen-bond acceptors (Lipinski definition) is 1. The molecular weight excluding hydrogens is 330 g/mol. The Bertz CT molecular complexity index is 513. The average molecular weight is 341 g/mol. The van der Waals surface area contributed by atoms with Gasteiger partial charge in [0.1, 0.15) is 0 Å². The van der Waals surface area contributed by atoms with E-state index >= 15 is 0 Å². The van der Waals surface area contributed by atoms with Crippen molar-refractivity contribution in [2.75, 3.05) is 0 Å². The van der Waals surface area contributed by atoms with Crippen molar-refractivity contribution >= 4 is 49.9 Å². The highest BCUT2D eigenvalue weighted by Gasteiger charge is 2.22. The van der Waals surface area contributed by atoms with Crippen molar-refractivity contribution in [1.82, 2.24) is 0 Å². The van der Waals surface area contributed by atoms with E-state index in [1.54, 1.807) is 0 Å². The van der Waals surface area contributed by atoms with E-state index in [2.05, 4.69) is 57.3 Å². The number of benzene rings is 1. The van der Waals surface area contributed by atoms with Gasteiger partial charge in [-0.25, -0.2) is 0 Å². The van der Waals surface area contributed by atoms with Crippen molar-refractivity contribution in [2.45, 2.75) is 11.8 Å². The second-order valence-corrected chi connectivity index (χ2v) is 4.28. The summed E-state index contributed by atoms with van der Waals surface area (Å²) in [6, 6.07) is 6.32. The molecule has 0 N–H and O–H groups in total. The molecule has 2 aliphatic rings. The molecule has 0 amide bonds. The second-order valence-electron chi connectivity index (χ2n) is 3.72. The first kappa shape index (κ1) is 11.8. The molecular formula is C13H11Br2N. The van der Waals surface area contributed by atoms with Gasteiger partial charge in [-0.05, 0) is 11.6 Å². The monoisotopic (exact) mass is 339 g/mol. The molecule has 82 valence electrons. The first-order valence-electron chi connectivity index (χ1n) is 5.03. The molecule has 0 bridgehead atoms. The normalized spacial score (nSPS) is 15.8. The molecule has 0 saturated carbocycles. The number of allylic oxidation sites excluding steroid dienone is 4. The van der Waals surface area contributed by atoms with E-state index in [9.17, 15) is 0 Å². The van der Waals surface area contributed by atoms with Crippen LogP contribution in [0.1, 0.15) is 17.5 Å². The maximum absolute atomic E-state index is 4.66. The summed E-state index contributed by atoms with van der Waals surface area (Å²) in [5.41, 5.74) is 6.28. The standard InChI is InChI=1S/C13H10BrN.BrH/c14-8-9-4-3-7-12-13(9)10-5-1-2-6-11(10)15-12;/h1-5,7H,6,8H2;1H. The van der Waals surface area contributed by atoms with E-state index in [0.717, 1.165) is 17.4 Å². The van der Waals surface area contributed by atoms with Crippen LogP contribution in [0.25, 0.3) is 5.57 Å². The van der Waals surface area contributed by atoms with Crippen LogP contribution in [-0.2, 0) is 5.33 Å². The lowest BCUT2D eigenvalue weighted by Crippen LogP contribution is -1.99. The number of fused-ring (bicyclic) bond motifs is 3. The Balaban J connectivity index is 0.000000963. The number of nitrogens with zero attached hydrogens (tertiary/aromatic N) is 1. The maximum Gasteiger partial charge on any atom is 0.0715 e. The zero-order chi connectivity index (χ0) is 10.3. The first-order chi connectivity index (χ1) is 7.40. The molecule has 1 nitrogen and oxygen atoms in total. The molecule has 3 rings (SSSR count). The Kier molecular flexibility index (Phi) is 3.45. The molecule has 0 saturated heterocycles. The fourth-order valence-corrected chi connectivity index (χ4v) is 2.60. The molecule has 1 heterocycles. The number of aliphatic imine (C=N–C) groups is 1. The molecule has 3 heteroatoms. The minimum absolute atomic E-state index is 0. The van der Waals surface area contributed by atoms with Gasteiger partial charge < -0.3 is 0 Å². The molecule has 0 aromatic heterocycles. The lowest BCUT2D eigenvalue weighted by Gasteiger charge is -2.09. The minimum atomic E-state index is 0. The third-order valence-electron chi connectivity index (χ3n) is 2.82. The van der Waals surface area contributed by atoms with Gasteiger partial charge in [0, 0.05) is 22.9 Å². The predicted molar refractivity (Wildman–Crippen MR) is 78.2 cm³/mol. The zero-order valence-electron chi connectivity index (χ0n) is 8.61. The molecule has 0 radical (unpaired) electrons. The van der Waals surface area contributed by atoms with Gasteiger partial charge in [0.15, 0.2) is 0 Å². The highest BCUT2D eigenvalue weighted by Crippen LogP contribution is 2.40. The van der Waals surface area contributed by atoms with E-state index < -0.39 is 0 Å². The van der Waals surface area contributed by atoms with Gasteiger partial charge in [-0.1, -0.05) is 46.3 Å². The van der Waals surface area contributed by atoms with E-state index in [4.69, 9.17) is 0 Å². The van der Waals surface area contributed by atoms with Crippen molar-refractivity contribution in [1.29, 1.82) is 0 Å². The van der Waals surface area contributed by atoms with Gasteiger partial charge in [-0.2, -0.15) is 0 Å². The maximum atomic E-state index is 4.66. The summed E-state index contributed by atoms with van der Waals surface area (Å²) in [6.45, 7) is 0. The summed E-state index contributed by atoms with van der Waals surface area (Å²) < 4.78 is 0. The van der Waals surface area contributed by atoms with Crippen LogP contribution in [0.2, 0.25) is 0 Å². The van der Waals surface area contributed by atoms with E-state index in [-0.39, 0.29) is 17.0 Å². The third-order valence-corrected chi connectivity index (χ3v) is 3.42. The fraction of sp³-hybridized carbons (Fsp3) is 0.154. The number of hydrogen-bond donors (Lipinski definition) is 0. The van der Waals surface area contributed by atoms with E-state index in [1.807, 2.05) is 0 Å². The van der Waals surface area contributed by atoms with Crippen molar-refractivity contribution < 1.29 is 0 Å². The van der Waals surface area contributed by atoms with Crippen LogP contribution in [0.3, 0.4) is 0 Å². The van der Waals surface area contributed by atoms with Crippen LogP contribution in [0, 0.1) is 0 Å². The topological polar surface area (TPSA) is 12.4 Å². The Morgan fingerprint density at radius 2 is 2.19 bits per heavy atom. The molecule has 0 unspecified atom stereocenters. The van der Waals surface area contributed by atoms with Crippen molar-refractivity contribution in [3.8, 4) is 0 Å². The Morgan fingerprint density at radius 1 is 1.31 bits per heavy atom. The number of halogens is 2. The molecule has 16 heavy (non-hydrogen) atoms. The van der Waals surface area contributed by atoms with Gasteiger partial charge in [0.05, 0.1) is 11.4 Å². The van der Waals surface area contributed by atoms with Gasteiger partial charge in [-0.15, -0.1) is 17.0 Å². The number of rotatable bonds is 1. The Labute approximate surface area is 114 Å². The molecule has 1 aromatic rings. The van der Waals surface area contributed by atoms with Crippen molar-refractivity contribution in [3.63, 3.8) is 0 Å². The Hall–Kier alpha value is -0.670. The average Bonchev–Trinajstić information content (AvgIpc) is 2.67. The summed E-state index contributed by atoms with van der Waals surface area (Å²) in [4.78, 5) is 4.66. The Morgan fingerprint density at radius 3 is 3.00 bits per heavy atom. The molecule has 0 atom stereocenters. The fourth-order valence-electron chi connectivity index (χ4n) is 2.13. The van der Waals surface area contributed by atoms with E-state index in [1.165, 1.54) is 22.4 Å². The highest BCUT2D eigenvalue weighted by molar-refractivity contribution is 9.08. The summed E-state index contributed by atoms with van der Waals surface area (Å²) >= 11 is 3.53. The SMILES string of the molecule is Br.BrCc1cccc2c1C1=CC=CCC1=N2. The molecule has 0 spiro atoms. The van der Waals surface area contributed by atoms with Gasteiger partial charge in [0.2, 0.25) is 0 Å². The second kappa shape index (κ2) is 4.68. The van der Waals surface area contributed by atoms with Gasteiger partial charge >= 0.3 is 0 Å². The first-order valence-corrected chi connectivity index (χ1v) is 6.15. The summed E-state index contributed by atoms with van der Waals surface area (Å²) in [5.74, 6) is 0. The third kappa shape index (κ3) is 1.72. The quantitative estimate of drug-likeness (QED) is 0.663. The lowest BCUT2D eigenvalue weighted by molar-refractivity contribution is 1.39. The van der Waals surface area contributed by atoms with Crippen molar-refractivity contribution in [3.05, 3.63) is 47.6 Å². The molecule has 1 aliphatic heterocycles. The van der Waals surface area contributed by atoms with Crippen LogP contribution >= 0.6 is 32.9 Å². The zero-order valence-corrected chi connectivity index (χ0v) is 11.9. The van der Waals surface area contributed by atoms with Crippen molar-refractivity contribution in [2.24, 2.45) is 4.99 Å². The lowest BCUT2D eigenvalue weighted by atomic mass is 9.94. The number of alkyl halides is 1. The molecule has 0 fully saturated rings. The minimum Gasteiger partial charge on any atom is -0.252 e. The smallest absolute Gasteiger partial charge is 0.0715 e. The summed E-state index contributed by atoms with van der Waals surface area (Å²) in [5, 5.41) is 0.889. The van der Waals surface area contributed by atoms with Crippen LogP contribution in [0.15, 0.2) is 41.4 Å². The van der Waals surface area contributed by atoms with Crippen LogP contribution in [0.5, 0.6) is 0 Å².